The third-order valence-corrected chi connectivity index (χ3v) is 4.28. The first-order valence-corrected chi connectivity index (χ1v) is 8.12. The predicted octanol–water partition coefficient (Wildman–Crippen LogP) is 1.84. The van der Waals surface area contributed by atoms with Gasteiger partial charge in [0.05, 0.1) is 16.3 Å². The molecule has 3 rings (SSSR count). The van der Waals surface area contributed by atoms with Crippen LogP contribution in [0.5, 0.6) is 0 Å². The topological polar surface area (TPSA) is 75.4 Å². The summed E-state index contributed by atoms with van der Waals surface area (Å²) in [7, 11) is -3.71. The number of anilines is 1. The van der Waals surface area contributed by atoms with Crippen LogP contribution in [0.2, 0.25) is 0 Å². The molecule has 2 aromatic rings. The summed E-state index contributed by atoms with van der Waals surface area (Å²) in [5.41, 5.74) is 5.67. The maximum absolute atomic E-state index is 13.0. The lowest BCUT2D eigenvalue weighted by molar-refractivity contribution is 0.598. The van der Waals surface area contributed by atoms with Crippen LogP contribution in [0.4, 0.5) is 10.1 Å². The van der Waals surface area contributed by atoms with Crippen LogP contribution >= 0.6 is 0 Å². The third-order valence-electron chi connectivity index (χ3n) is 3.35. The zero-order chi connectivity index (χ0) is 15.7. The molecule has 0 saturated carbocycles. The second kappa shape index (κ2) is 5.53. The van der Waals surface area contributed by atoms with E-state index in [9.17, 15) is 12.8 Å². The van der Waals surface area contributed by atoms with Gasteiger partial charge in [0.1, 0.15) is 5.82 Å². The van der Waals surface area contributed by atoms with Gasteiger partial charge in [-0.15, -0.1) is 0 Å². The number of sulfonamides is 1. The van der Waals surface area contributed by atoms with Gasteiger partial charge < -0.3 is 0 Å². The first-order valence-electron chi connectivity index (χ1n) is 6.58. The molecule has 0 atom stereocenters. The van der Waals surface area contributed by atoms with Crippen LogP contribution in [0.3, 0.4) is 0 Å². The zero-order valence-corrected chi connectivity index (χ0v) is 12.3. The van der Waals surface area contributed by atoms with E-state index < -0.39 is 10.0 Å². The third kappa shape index (κ3) is 2.87. The molecule has 0 spiro atoms. The average molecular weight is 319 g/mol. The molecule has 1 heterocycles. The van der Waals surface area contributed by atoms with E-state index in [-0.39, 0.29) is 10.7 Å². The Bertz CT molecular complexity index is 815. The van der Waals surface area contributed by atoms with Gasteiger partial charge in [0.15, 0.2) is 0 Å². The number of nitrogens with one attached hydrogen (secondary N) is 1. The van der Waals surface area contributed by atoms with Crippen molar-refractivity contribution >= 4 is 21.4 Å². The minimum atomic E-state index is -3.71. The second-order valence-electron chi connectivity index (χ2n) is 4.83. The van der Waals surface area contributed by atoms with Gasteiger partial charge in [-0.05, 0) is 60.2 Å². The van der Waals surface area contributed by atoms with Crippen LogP contribution in [0.15, 0.2) is 59.5 Å². The molecular weight excluding hydrogens is 305 g/mol. The molecule has 0 radical (unpaired) electrons. The molecular formula is C15H14FN3O2S. The number of rotatable bonds is 3. The van der Waals surface area contributed by atoms with Crippen molar-refractivity contribution in [2.24, 2.45) is 5.14 Å². The highest BCUT2D eigenvalue weighted by atomic mass is 32.2. The number of hydrogen-bond donors (Lipinski definition) is 2. The van der Waals surface area contributed by atoms with Crippen LogP contribution < -0.4 is 15.6 Å². The summed E-state index contributed by atoms with van der Waals surface area (Å²) in [6.07, 6.45) is 1.97. The molecule has 22 heavy (non-hydrogen) atoms. The van der Waals surface area contributed by atoms with Crippen molar-refractivity contribution in [2.75, 3.05) is 11.6 Å². The standard InChI is InChI=1S/C15H14FN3O2S/c16-12-3-1-11(2-4-12)15-9-10-18-19(15)13-5-7-14(8-6-13)22(17,20)21/h1-9,18H,10H2,(H2,17,20,21). The van der Waals surface area contributed by atoms with Crippen LogP contribution in [-0.2, 0) is 10.0 Å². The van der Waals surface area contributed by atoms with Gasteiger partial charge in [0.2, 0.25) is 10.0 Å². The van der Waals surface area contributed by atoms with Crippen LogP contribution in [0.1, 0.15) is 5.56 Å². The van der Waals surface area contributed by atoms with Crippen LogP contribution in [0, 0.1) is 5.82 Å². The number of hydrogen-bond acceptors (Lipinski definition) is 4. The minimum absolute atomic E-state index is 0.0581. The number of halogens is 1. The smallest absolute Gasteiger partial charge is 0.238 e. The lowest BCUT2D eigenvalue weighted by atomic mass is 10.1. The van der Waals surface area contributed by atoms with E-state index in [4.69, 9.17) is 5.14 Å². The van der Waals surface area contributed by atoms with Gasteiger partial charge in [0, 0.05) is 6.54 Å². The van der Waals surface area contributed by atoms with Gasteiger partial charge in [-0.2, -0.15) is 0 Å². The summed E-state index contributed by atoms with van der Waals surface area (Å²) in [5.74, 6) is -0.292. The lowest BCUT2D eigenvalue weighted by Gasteiger charge is -2.23. The van der Waals surface area contributed by atoms with Gasteiger partial charge in [-0.25, -0.2) is 23.4 Å². The van der Waals surface area contributed by atoms with E-state index in [0.29, 0.717) is 6.54 Å². The van der Waals surface area contributed by atoms with Gasteiger partial charge in [0.25, 0.3) is 0 Å². The Morgan fingerprint density at radius 1 is 1.05 bits per heavy atom. The van der Waals surface area contributed by atoms with Gasteiger partial charge in [-0.3, -0.25) is 5.01 Å². The van der Waals surface area contributed by atoms with E-state index in [2.05, 4.69) is 5.43 Å². The molecule has 1 aliphatic heterocycles. The normalized spacial score (nSPS) is 15.0. The van der Waals surface area contributed by atoms with Crippen molar-refractivity contribution in [1.82, 2.24) is 5.43 Å². The molecule has 2 aromatic carbocycles. The molecule has 0 unspecified atom stereocenters. The lowest BCUT2D eigenvalue weighted by Crippen LogP contribution is -2.31. The highest BCUT2D eigenvalue weighted by molar-refractivity contribution is 7.89. The Morgan fingerprint density at radius 3 is 2.27 bits per heavy atom. The maximum atomic E-state index is 13.0. The van der Waals surface area contributed by atoms with Crippen molar-refractivity contribution in [2.45, 2.75) is 4.90 Å². The van der Waals surface area contributed by atoms with Crippen molar-refractivity contribution in [1.29, 1.82) is 0 Å². The number of nitrogens with zero attached hydrogens (tertiary/aromatic N) is 1. The van der Waals surface area contributed by atoms with Gasteiger partial charge in [-0.1, -0.05) is 0 Å². The van der Waals surface area contributed by atoms with Crippen molar-refractivity contribution in [3.05, 3.63) is 66.0 Å². The average Bonchev–Trinajstić information content (AvgIpc) is 2.97. The monoisotopic (exact) mass is 319 g/mol. The summed E-state index contributed by atoms with van der Waals surface area (Å²) in [6.45, 7) is 0.629. The summed E-state index contributed by atoms with van der Waals surface area (Å²) in [6, 6.07) is 12.4. The van der Waals surface area contributed by atoms with Crippen LogP contribution in [-0.4, -0.2) is 15.0 Å². The zero-order valence-electron chi connectivity index (χ0n) is 11.5. The number of primary sulfonamides is 1. The molecule has 7 heteroatoms. The SMILES string of the molecule is NS(=O)(=O)c1ccc(N2NCC=C2c2ccc(F)cc2)cc1. The van der Waals surface area contributed by atoms with E-state index >= 15 is 0 Å². The molecule has 1 aliphatic rings. The fraction of sp³-hybridized carbons (Fsp3) is 0.0667. The number of hydrazine groups is 1. The number of nitrogens with two attached hydrogens (primary N) is 1. The van der Waals surface area contributed by atoms with Gasteiger partial charge >= 0.3 is 0 Å². The second-order valence-corrected chi connectivity index (χ2v) is 6.39. The summed E-state index contributed by atoms with van der Waals surface area (Å²) < 4.78 is 35.6. The first-order chi connectivity index (χ1) is 10.4. The molecule has 0 aliphatic carbocycles. The fourth-order valence-electron chi connectivity index (χ4n) is 2.29. The predicted molar refractivity (Wildman–Crippen MR) is 82.7 cm³/mol. The molecule has 0 amide bonds. The fourth-order valence-corrected chi connectivity index (χ4v) is 2.81. The van der Waals surface area contributed by atoms with Crippen LogP contribution in [0.25, 0.3) is 5.70 Å². The Kier molecular flexibility index (Phi) is 3.69. The van der Waals surface area contributed by atoms with Crippen molar-refractivity contribution < 1.29 is 12.8 Å². The molecule has 5 nitrogen and oxygen atoms in total. The molecule has 0 aromatic heterocycles. The Hall–Kier alpha value is -2.22. The summed E-state index contributed by atoms with van der Waals surface area (Å²) in [5, 5.41) is 6.91. The van der Waals surface area contributed by atoms with Crippen molar-refractivity contribution in [3.63, 3.8) is 0 Å². The Labute approximate surface area is 127 Å². The molecule has 0 saturated heterocycles. The quantitative estimate of drug-likeness (QED) is 0.905. The van der Waals surface area contributed by atoms with Crippen molar-refractivity contribution in [3.8, 4) is 0 Å². The highest BCUT2D eigenvalue weighted by Crippen LogP contribution is 2.28. The van der Waals surface area contributed by atoms with E-state index in [0.717, 1.165) is 16.9 Å². The van der Waals surface area contributed by atoms with E-state index in [1.54, 1.807) is 24.3 Å². The van der Waals surface area contributed by atoms with E-state index in [1.165, 1.54) is 24.3 Å². The minimum Gasteiger partial charge on any atom is -0.276 e. The molecule has 0 bridgehead atoms. The Morgan fingerprint density at radius 2 is 1.68 bits per heavy atom. The molecule has 114 valence electrons. The Balaban J connectivity index is 1.91. The number of benzene rings is 2. The maximum Gasteiger partial charge on any atom is 0.238 e. The summed E-state index contributed by atoms with van der Waals surface area (Å²) >= 11 is 0. The highest BCUT2D eigenvalue weighted by Gasteiger charge is 2.19. The molecule has 0 fully saturated rings. The van der Waals surface area contributed by atoms with E-state index in [1.807, 2.05) is 11.1 Å². The molecule has 3 N–H and O–H groups in total. The largest absolute Gasteiger partial charge is 0.276 e. The first kappa shape index (κ1) is 14.7. The summed E-state index contributed by atoms with van der Waals surface area (Å²) in [4.78, 5) is 0.0581.